The number of carbonyl (C=O) groups excluding carboxylic acids is 1. The van der Waals surface area contributed by atoms with Crippen LogP contribution in [0.25, 0.3) is 0 Å². The highest BCUT2D eigenvalue weighted by Crippen LogP contribution is 2.16. The van der Waals surface area contributed by atoms with Crippen LogP contribution in [-0.2, 0) is 4.74 Å². The number of benzene rings is 1. The number of cyclic esters (lactones) is 1. The number of amides is 1. The van der Waals surface area contributed by atoms with E-state index in [0.717, 1.165) is 11.1 Å². The van der Waals surface area contributed by atoms with Gasteiger partial charge in [0.25, 0.3) is 0 Å². The lowest BCUT2D eigenvalue weighted by Gasteiger charge is -2.11. The average Bonchev–Trinajstić information content (AvgIpc) is 2.50. The Morgan fingerprint density at radius 1 is 1.56 bits per heavy atom. The van der Waals surface area contributed by atoms with Gasteiger partial charge in [0.2, 0.25) is 0 Å². The standard InChI is InChI=1S/C12H15NO3/c1-8-3-9(2)5-10(4-8)15-7-11-6-13-12(14)16-11/h3-5,11H,6-7H2,1-2H3,(H,13,14)/i11D/hD. The maximum absolute atomic E-state index is 11.0. The summed E-state index contributed by atoms with van der Waals surface area (Å²) in [5.74, 6) is 0.638. The Bertz CT molecular complexity index is 460. The minimum atomic E-state index is -1.50. The van der Waals surface area contributed by atoms with Crippen molar-refractivity contribution >= 4 is 6.09 Å². The number of rotatable bonds is 3. The van der Waals surface area contributed by atoms with Gasteiger partial charge in [-0.2, -0.15) is 0 Å². The number of ether oxygens (including phenoxy) is 2. The number of carbonyl (C=O) groups is 1. The van der Waals surface area contributed by atoms with E-state index >= 15 is 0 Å². The van der Waals surface area contributed by atoms with Crippen LogP contribution in [0, 0.1) is 13.8 Å². The molecule has 1 fully saturated rings. The van der Waals surface area contributed by atoms with Gasteiger partial charge in [0, 0.05) is 0 Å². The second-order valence-corrected chi connectivity index (χ2v) is 3.83. The van der Waals surface area contributed by atoms with E-state index in [-0.39, 0.29) is 13.2 Å². The number of aryl methyl sites for hydroxylation is 2. The lowest BCUT2D eigenvalue weighted by molar-refractivity contribution is 0.105. The second-order valence-electron chi connectivity index (χ2n) is 3.83. The van der Waals surface area contributed by atoms with Crippen LogP contribution in [0.4, 0.5) is 4.79 Å². The Morgan fingerprint density at radius 2 is 2.25 bits per heavy atom. The molecule has 1 aliphatic rings. The molecule has 4 nitrogen and oxygen atoms in total. The summed E-state index contributed by atoms with van der Waals surface area (Å²) in [5.41, 5.74) is 2.13. The van der Waals surface area contributed by atoms with Crippen LogP contribution in [-0.4, -0.2) is 25.3 Å². The summed E-state index contributed by atoms with van der Waals surface area (Å²) in [4.78, 5) is 11.0. The van der Waals surface area contributed by atoms with Gasteiger partial charge < -0.3 is 14.8 Å². The molecule has 1 amide bonds. The summed E-state index contributed by atoms with van der Waals surface area (Å²) >= 11 is 0. The summed E-state index contributed by atoms with van der Waals surface area (Å²) in [5, 5.41) is 0.623. The zero-order valence-corrected chi connectivity index (χ0v) is 9.32. The van der Waals surface area contributed by atoms with Crippen LogP contribution < -0.4 is 10.0 Å². The van der Waals surface area contributed by atoms with Gasteiger partial charge in [0.05, 0.1) is 7.92 Å². The first-order valence-corrected chi connectivity index (χ1v) is 5.08. The highest BCUT2D eigenvalue weighted by atomic mass is 16.6. The first-order valence-electron chi connectivity index (χ1n) is 6.03. The molecule has 1 unspecified atom stereocenters. The highest BCUT2D eigenvalue weighted by Gasteiger charge is 2.22. The first-order chi connectivity index (χ1) is 8.38. The van der Waals surface area contributed by atoms with E-state index in [1.165, 1.54) is 0 Å². The smallest absolute Gasteiger partial charge is 0.407 e. The number of nitrogens with one attached hydrogen (secondary N) is 1. The van der Waals surface area contributed by atoms with Gasteiger partial charge in [-0.3, -0.25) is 0 Å². The Morgan fingerprint density at radius 3 is 2.81 bits per heavy atom. The molecule has 1 aliphatic heterocycles. The highest BCUT2D eigenvalue weighted by molar-refractivity contribution is 5.69. The number of hydrogen-bond acceptors (Lipinski definition) is 3. The number of alkyl carbamates (subject to hydrolysis) is 1. The molecule has 16 heavy (non-hydrogen) atoms. The minimum absolute atomic E-state index is 0.0863. The molecular formula is C12H15NO3. The lowest BCUT2D eigenvalue weighted by atomic mass is 10.1. The average molecular weight is 223 g/mol. The zero-order valence-electron chi connectivity index (χ0n) is 11.3. The second kappa shape index (κ2) is 4.43. The van der Waals surface area contributed by atoms with Crippen molar-refractivity contribution in [3.05, 3.63) is 29.3 Å². The molecule has 1 aromatic rings. The maximum atomic E-state index is 11.0. The van der Waals surface area contributed by atoms with Gasteiger partial charge in [-0.05, 0) is 37.1 Å². The Hall–Kier alpha value is -1.71. The summed E-state index contributed by atoms with van der Waals surface area (Å²) in [6.07, 6.45) is -2.31. The van der Waals surface area contributed by atoms with E-state index in [4.69, 9.17) is 12.3 Å². The van der Waals surface area contributed by atoms with Crippen LogP contribution >= 0.6 is 0 Å². The van der Waals surface area contributed by atoms with Gasteiger partial charge >= 0.3 is 6.09 Å². The monoisotopic (exact) mass is 223 g/mol. The molecule has 2 rings (SSSR count). The predicted molar refractivity (Wildman–Crippen MR) is 59.7 cm³/mol. The Kier molecular flexibility index (Phi) is 2.34. The Balaban J connectivity index is 2.01. The summed E-state index contributed by atoms with van der Waals surface area (Å²) in [6.45, 7) is 3.71. The molecule has 0 aromatic heterocycles. The van der Waals surface area contributed by atoms with E-state index in [0.29, 0.717) is 11.1 Å². The van der Waals surface area contributed by atoms with Crippen LogP contribution in [0.2, 0.25) is 1.41 Å². The topological polar surface area (TPSA) is 47.6 Å². The quantitative estimate of drug-likeness (QED) is 0.849. The molecule has 0 spiro atoms. The van der Waals surface area contributed by atoms with Crippen LogP contribution in [0.3, 0.4) is 0 Å². The van der Waals surface area contributed by atoms with Crippen molar-refractivity contribution in [3.8, 4) is 5.75 Å². The molecular weight excluding hydrogens is 206 g/mol. The van der Waals surface area contributed by atoms with E-state index in [1.54, 1.807) is 0 Å². The Labute approximate surface area is 97.4 Å². The van der Waals surface area contributed by atoms with Crippen molar-refractivity contribution in [2.75, 3.05) is 13.2 Å². The molecule has 0 saturated carbocycles. The molecule has 1 atom stereocenters. The lowest BCUT2D eigenvalue weighted by Crippen LogP contribution is -2.21. The van der Waals surface area contributed by atoms with Crippen LogP contribution in [0.5, 0.6) is 5.75 Å². The van der Waals surface area contributed by atoms with Crippen molar-refractivity contribution in [1.29, 1.82) is 0 Å². The number of hydrogen-bond donors (Lipinski definition) is 1. The van der Waals surface area contributed by atoms with E-state index < -0.39 is 12.2 Å². The van der Waals surface area contributed by atoms with E-state index in [2.05, 4.69) is 0 Å². The van der Waals surface area contributed by atoms with Crippen molar-refractivity contribution in [3.63, 3.8) is 0 Å². The van der Waals surface area contributed by atoms with Crippen molar-refractivity contribution < 1.29 is 17.1 Å². The van der Waals surface area contributed by atoms with Gasteiger partial charge in [-0.25, -0.2) is 4.79 Å². The molecule has 0 radical (unpaired) electrons. The van der Waals surface area contributed by atoms with Crippen molar-refractivity contribution in [2.45, 2.75) is 19.9 Å². The molecule has 0 aliphatic carbocycles. The van der Waals surface area contributed by atoms with E-state index in [1.807, 2.05) is 32.0 Å². The SMILES string of the molecule is [2H]N1CC([2H])(COc2cc(C)cc(C)c2)OC1=O. The molecule has 1 heterocycles. The third-order valence-corrected chi connectivity index (χ3v) is 2.21. The fourth-order valence-corrected chi connectivity index (χ4v) is 1.60. The molecule has 86 valence electrons. The van der Waals surface area contributed by atoms with Gasteiger partial charge in [0.1, 0.15) is 12.4 Å². The first kappa shape index (κ1) is 8.44. The fraction of sp³-hybridized carbons (Fsp3) is 0.417. The molecule has 0 bridgehead atoms. The predicted octanol–water partition coefficient (Wildman–Crippen LogP) is 1.79. The van der Waals surface area contributed by atoms with Crippen LogP contribution in [0.1, 0.15) is 12.5 Å². The molecule has 1 aromatic carbocycles. The molecule has 1 N–H and O–H groups in total. The largest absolute Gasteiger partial charge is 0.490 e. The third-order valence-electron chi connectivity index (χ3n) is 2.21. The summed E-state index contributed by atoms with van der Waals surface area (Å²) < 4.78 is 25.4. The summed E-state index contributed by atoms with van der Waals surface area (Å²) in [6, 6.07) is 5.72. The normalized spacial score (nSPS) is 26.1. The third kappa shape index (κ3) is 2.66. The van der Waals surface area contributed by atoms with E-state index in [9.17, 15) is 4.79 Å². The molecule has 1 saturated heterocycles. The summed E-state index contributed by atoms with van der Waals surface area (Å²) in [7, 11) is 0. The zero-order chi connectivity index (χ0) is 13.3. The maximum Gasteiger partial charge on any atom is 0.407 e. The van der Waals surface area contributed by atoms with Gasteiger partial charge in [0.15, 0.2) is 7.49 Å². The fourth-order valence-electron chi connectivity index (χ4n) is 1.60. The van der Waals surface area contributed by atoms with Gasteiger partial charge in [-0.15, -0.1) is 0 Å². The van der Waals surface area contributed by atoms with Crippen molar-refractivity contribution in [2.24, 2.45) is 0 Å². The molecule has 4 heteroatoms. The van der Waals surface area contributed by atoms with Gasteiger partial charge in [-0.1, -0.05) is 6.07 Å². The minimum Gasteiger partial charge on any atom is -0.490 e. The van der Waals surface area contributed by atoms with Crippen molar-refractivity contribution in [1.82, 2.24) is 5.31 Å². The van der Waals surface area contributed by atoms with Crippen LogP contribution in [0.15, 0.2) is 18.2 Å².